The van der Waals surface area contributed by atoms with Gasteiger partial charge in [-0.05, 0) is 6.92 Å². The average Bonchev–Trinajstić information content (AvgIpc) is 2.39. The van der Waals surface area contributed by atoms with Crippen LogP contribution in [0, 0.1) is 0 Å². The number of methoxy groups -OCH3 is 1. The number of morpholine rings is 1. The van der Waals surface area contributed by atoms with Gasteiger partial charge in [0, 0.05) is 31.4 Å². The number of hydrogen-bond donors (Lipinski definition) is 1. The summed E-state index contributed by atoms with van der Waals surface area (Å²) in [5, 5.41) is 0. The van der Waals surface area contributed by atoms with Crippen molar-refractivity contribution in [1.29, 1.82) is 0 Å². The fraction of sp³-hybridized carbons (Fsp3) is 0.636. The SMILES string of the molecule is COc1ccnc(N2CCOC(C(C)N)C2)n1. The molecule has 0 radical (unpaired) electrons. The molecule has 6 heteroatoms. The quantitative estimate of drug-likeness (QED) is 0.801. The van der Waals surface area contributed by atoms with E-state index in [0.29, 0.717) is 25.0 Å². The van der Waals surface area contributed by atoms with Crippen molar-refractivity contribution in [3.05, 3.63) is 12.3 Å². The van der Waals surface area contributed by atoms with E-state index in [0.717, 1.165) is 6.54 Å². The van der Waals surface area contributed by atoms with Crippen LogP contribution in [0.15, 0.2) is 12.3 Å². The van der Waals surface area contributed by atoms with Crippen molar-refractivity contribution < 1.29 is 9.47 Å². The maximum absolute atomic E-state index is 5.85. The van der Waals surface area contributed by atoms with Crippen LogP contribution in [0.5, 0.6) is 5.88 Å². The highest BCUT2D eigenvalue weighted by atomic mass is 16.5. The number of hydrogen-bond acceptors (Lipinski definition) is 6. The second-order valence-corrected chi connectivity index (χ2v) is 4.11. The number of nitrogens with zero attached hydrogens (tertiary/aromatic N) is 3. The molecule has 1 saturated heterocycles. The van der Waals surface area contributed by atoms with Crippen molar-refractivity contribution in [2.24, 2.45) is 5.73 Å². The van der Waals surface area contributed by atoms with Crippen molar-refractivity contribution in [2.45, 2.75) is 19.1 Å². The molecule has 1 aliphatic rings. The topological polar surface area (TPSA) is 73.5 Å². The summed E-state index contributed by atoms with van der Waals surface area (Å²) in [5.41, 5.74) is 5.85. The third kappa shape index (κ3) is 2.83. The molecule has 2 N–H and O–H groups in total. The summed E-state index contributed by atoms with van der Waals surface area (Å²) in [6.07, 6.45) is 1.72. The fourth-order valence-corrected chi connectivity index (χ4v) is 1.77. The van der Waals surface area contributed by atoms with Gasteiger partial charge in [-0.3, -0.25) is 0 Å². The van der Waals surface area contributed by atoms with Crippen LogP contribution in [0.25, 0.3) is 0 Å². The van der Waals surface area contributed by atoms with Crippen molar-refractivity contribution in [3.63, 3.8) is 0 Å². The standard InChI is InChI=1S/C11H18N4O2/c1-8(12)9-7-15(5-6-17-9)11-13-4-3-10(14-11)16-2/h3-4,8-9H,5-7,12H2,1-2H3. The zero-order chi connectivity index (χ0) is 12.3. The summed E-state index contributed by atoms with van der Waals surface area (Å²) in [4.78, 5) is 10.6. The van der Waals surface area contributed by atoms with Crippen molar-refractivity contribution >= 4 is 5.95 Å². The molecule has 0 bridgehead atoms. The van der Waals surface area contributed by atoms with Gasteiger partial charge in [-0.15, -0.1) is 0 Å². The van der Waals surface area contributed by atoms with E-state index < -0.39 is 0 Å². The smallest absolute Gasteiger partial charge is 0.228 e. The Labute approximate surface area is 101 Å². The van der Waals surface area contributed by atoms with Crippen LogP contribution in [-0.4, -0.2) is 48.9 Å². The Morgan fingerprint density at radius 3 is 3.18 bits per heavy atom. The van der Waals surface area contributed by atoms with Gasteiger partial charge in [0.05, 0.1) is 19.8 Å². The predicted molar refractivity (Wildman–Crippen MR) is 64.2 cm³/mol. The maximum atomic E-state index is 5.85. The predicted octanol–water partition coefficient (Wildman–Crippen LogP) is 0.0376. The molecule has 1 aromatic rings. The molecule has 1 aromatic heterocycles. The first-order valence-corrected chi connectivity index (χ1v) is 5.70. The summed E-state index contributed by atoms with van der Waals surface area (Å²) in [5.74, 6) is 1.23. The molecular formula is C11H18N4O2. The summed E-state index contributed by atoms with van der Waals surface area (Å²) in [6, 6.07) is 1.73. The Kier molecular flexibility index (Phi) is 3.75. The van der Waals surface area contributed by atoms with E-state index in [1.807, 2.05) is 6.92 Å². The molecule has 1 aliphatic heterocycles. The molecule has 0 amide bonds. The van der Waals surface area contributed by atoms with Gasteiger partial charge in [-0.25, -0.2) is 4.98 Å². The lowest BCUT2D eigenvalue weighted by Crippen LogP contribution is -2.50. The molecule has 94 valence electrons. The molecule has 2 rings (SSSR count). The minimum absolute atomic E-state index is 0.00316. The number of aromatic nitrogens is 2. The third-order valence-electron chi connectivity index (χ3n) is 2.79. The molecule has 0 aromatic carbocycles. The largest absolute Gasteiger partial charge is 0.481 e. The van der Waals surface area contributed by atoms with Crippen LogP contribution >= 0.6 is 0 Å². The van der Waals surface area contributed by atoms with Gasteiger partial charge in [-0.1, -0.05) is 0 Å². The van der Waals surface area contributed by atoms with Crippen LogP contribution in [0.3, 0.4) is 0 Å². The van der Waals surface area contributed by atoms with E-state index >= 15 is 0 Å². The first-order valence-electron chi connectivity index (χ1n) is 5.70. The maximum Gasteiger partial charge on any atom is 0.228 e. The van der Waals surface area contributed by atoms with Gasteiger partial charge in [-0.2, -0.15) is 4.98 Å². The lowest BCUT2D eigenvalue weighted by molar-refractivity contribution is 0.0270. The highest BCUT2D eigenvalue weighted by molar-refractivity contribution is 5.32. The summed E-state index contributed by atoms with van der Waals surface area (Å²) >= 11 is 0. The van der Waals surface area contributed by atoms with E-state index in [1.54, 1.807) is 19.4 Å². The highest BCUT2D eigenvalue weighted by Gasteiger charge is 2.25. The Balaban J connectivity index is 2.10. The highest BCUT2D eigenvalue weighted by Crippen LogP contribution is 2.16. The fourth-order valence-electron chi connectivity index (χ4n) is 1.77. The molecule has 6 nitrogen and oxygen atoms in total. The first-order chi connectivity index (χ1) is 8.20. The molecule has 17 heavy (non-hydrogen) atoms. The third-order valence-corrected chi connectivity index (χ3v) is 2.79. The van der Waals surface area contributed by atoms with Gasteiger partial charge in [0.15, 0.2) is 0 Å². The molecule has 0 saturated carbocycles. The number of rotatable bonds is 3. The second kappa shape index (κ2) is 5.29. The van der Waals surface area contributed by atoms with Gasteiger partial charge < -0.3 is 20.1 Å². The molecule has 0 spiro atoms. The Morgan fingerprint density at radius 1 is 1.65 bits per heavy atom. The van der Waals surface area contributed by atoms with Crippen molar-refractivity contribution in [2.75, 3.05) is 31.7 Å². The Bertz CT molecular complexity index is 372. The van der Waals surface area contributed by atoms with E-state index in [-0.39, 0.29) is 12.1 Å². The van der Waals surface area contributed by atoms with Crippen molar-refractivity contribution in [3.8, 4) is 5.88 Å². The van der Waals surface area contributed by atoms with Crippen molar-refractivity contribution in [1.82, 2.24) is 9.97 Å². The minimum atomic E-state index is 0.00316. The van der Waals surface area contributed by atoms with E-state index in [2.05, 4.69) is 14.9 Å². The second-order valence-electron chi connectivity index (χ2n) is 4.11. The van der Waals surface area contributed by atoms with E-state index in [1.165, 1.54) is 0 Å². The van der Waals surface area contributed by atoms with Gasteiger partial charge >= 0.3 is 0 Å². The lowest BCUT2D eigenvalue weighted by Gasteiger charge is -2.34. The minimum Gasteiger partial charge on any atom is -0.481 e. The summed E-state index contributed by atoms with van der Waals surface area (Å²) in [7, 11) is 1.59. The summed E-state index contributed by atoms with van der Waals surface area (Å²) in [6.45, 7) is 4.08. The first kappa shape index (κ1) is 12.1. The Hall–Kier alpha value is -1.40. The normalized spacial score (nSPS) is 22.3. The molecule has 2 atom stereocenters. The lowest BCUT2D eigenvalue weighted by atomic mass is 10.1. The van der Waals surface area contributed by atoms with Gasteiger partial charge in [0.1, 0.15) is 0 Å². The van der Waals surface area contributed by atoms with Crippen LogP contribution in [0.2, 0.25) is 0 Å². The van der Waals surface area contributed by atoms with Gasteiger partial charge in [0.2, 0.25) is 11.8 Å². The van der Waals surface area contributed by atoms with Crippen LogP contribution in [-0.2, 0) is 4.74 Å². The molecule has 2 heterocycles. The average molecular weight is 238 g/mol. The van der Waals surface area contributed by atoms with Crippen LogP contribution < -0.4 is 15.4 Å². The van der Waals surface area contributed by atoms with Crippen LogP contribution in [0.4, 0.5) is 5.95 Å². The summed E-state index contributed by atoms with van der Waals surface area (Å²) < 4.78 is 10.7. The molecule has 1 fully saturated rings. The molecule has 2 unspecified atom stereocenters. The van der Waals surface area contributed by atoms with E-state index in [9.17, 15) is 0 Å². The van der Waals surface area contributed by atoms with Crippen LogP contribution in [0.1, 0.15) is 6.92 Å². The van der Waals surface area contributed by atoms with Gasteiger partial charge in [0.25, 0.3) is 0 Å². The number of anilines is 1. The monoisotopic (exact) mass is 238 g/mol. The zero-order valence-corrected chi connectivity index (χ0v) is 10.2. The molecule has 0 aliphatic carbocycles. The van der Waals surface area contributed by atoms with E-state index in [4.69, 9.17) is 15.2 Å². The molecular weight excluding hydrogens is 220 g/mol. The number of nitrogens with two attached hydrogens (primary N) is 1. The Morgan fingerprint density at radius 2 is 2.47 bits per heavy atom. The number of ether oxygens (including phenoxy) is 2. The zero-order valence-electron chi connectivity index (χ0n) is 10.2.